The Morgan fingerprint density at radius 2 is 1.75 bits per heavy atom. The van der Waals surface area contributed by atoms with Crippen molar-refractivity contribution < 1.29 is 19.1 Å². The SMILES string of the molecule is CC(C)(C)OC(=O)[C@@H]1CCCN1C(=O)/C=C/C(=O)c1ccc2c(c1)CCCC2. The maximum absolute atomic E-state index is 12.6. The first-order chi connectivity index (χ1) is 13.2. The van der Waals surface area contributed by atoms with Crippen LogP contribution in [0.3, 0.4) is 0 Å². The summed E-state index contributed by atoms with van der Waals surface area (Å²) in [6, 6.07) is 5.23. The fourth-order valence-electron chi connectivity index (χ4n) is 3.87. The Kier molecular flexibility index (Phi) is 6.01. The van der Waals surface area contributed by atoms with Crippen LogP contribution < -0.4 is 0 Å². The van der Waals surface area contributed by atoms with Gasteiger partial charge in [-0.1, -0.05) is 12.1 Å². The van der Waals surface area contributed by atoms with Crippen LogP contribution in [0.25, 0.3) is 0 Å². The number of hydrogen-bond donors (Lipinski definition) is 0. The number of carbonyl (C=O) groups excluding carboxylic acids is 3. The Hall–Kier alpha value is -2.43. The molecule has 2 aliphatic rings. The Labute approximate surface area is 166 Å². The third-order valence-corrected chi connectivity index (χ3v) is 5.23. The summed E-state index contributed by atoms with van der Waals surface area (Å²) in [5.74, 6) is -0.887. The summed E-state index contributed by atoms with van der Waals surface area (Å²) in [5.41, 5.74) is 2.57. The van der Waals surface area contributed by atoms with Gasteiger partial charge < -0.3 is 9.64 Å². The summed E-state index contributed by atoms with van der Waals surface area (Å²) in [6.45, 7) is 5.93. The van der Waals surface area contributed by atoms with Crippen LogP contribution in [0.1, 0.15) is 67.9 Å². The van der Waals surface area contributed by atoms with Crippen molar-refractivity contribution in [2.75, 3.05) is 6.54 Å². The van der Waals surface area contributed by atoms with E-state index in [2.05, 4.69) is 0 Å². The highest BCUT2D eigenvalue weighted by atomic mass is 16.6. The molecule has 5 nitrogen and oxygen atoms in total. The third-order valence-electron chi connectivity index (χ3n) is 5.23. The van der Waals surface area contributed by atoms with Crippen LogP contribution in [0.15, 0.2) is 30.4 Å². The Bertz CT molecular complexity index is 803. The van der Waals surface area contributed by atoms with Gasteiger partial charge >= 0.3 is 5.97 Å². The fraction of sp³-hybridized carbons (Fsp3) is 0.522. The number of ketones is 1. The maximum Gasteiger partial charge on any atom is 0.329 e. The molecule has 1 aromatic carbocycles. The lowest BCUT2D eigenvalue weighted by molar-refractivity contribution is -0.162. The summed E-state index contributed by atoms with van der Waals surface area (Å²) in [7, 11) is 0. The topological polar surface area (TPSA) is 63.7 Å². The third kappa shape index (κ3) is 4.89. The van der Waals surface area contributed by atoms with Crippen molar-refractivity contribution in [2.45, 2.75) is 70.9 Å². The van der Waals surface area contributed by atoms with E-state index in [1.807, 2.05) is 39.0 Å². The molecule has 5 heteroatoms. The van der Waals surface area contributed by atoms with Crippen molar-refractivity contribution in [1.29, 1.82) is 0 Å². The number of likely N-dealkylation sites (tertiary alicyclic amines) is 1. The molecule has 0 spiro atoms. The van der Waals surface area contributed by atoms with E-state index in [1.165, 1.54) is 34.6 Å². The second-order valence-corrected chi connectivity index (χ2v) is 8.61. The van der Waals surface area contributed by atoms with Crippen LogP contribution in [0.4, 0.5) is 0 Å². The van der Waals surface area contributed by atoms with Crippen molar-refractivity contribution in [2.24, 2.45) is 0 Å². The number of allylic oxidation sites excluding steroid dienone is 1. The Morgan fingerprint density at radius 1 is 1.04 bits per heavy atom. The van der Waals surface area contributed by atoms with Gasteiger partial charge in [-0.25, -0.2) is 4.79 Å². The van der Waals surface area contributed by atoms with E-state index in [0.717, 1.165) is 25.7 Å². The first-order valence-corrected chi connectivity index (χ1v) is 10.1. The normalized spacial score (nSPS) is 19.5. The molecule has 3 rings (SSSR count). The lowest BCUT2D eigenvalue weighted by atomic mass is 9.90. The first-order valence-electron chi connectivity index (χ1n) is 10.1. The number of fused-ring (bicyclic) bond motifs is 1. The van der Waals surface area contributed by atoms with Gasteiger partial charge in [0.25, 0.3) is 0 Å². The summed E-state index contributed by atoms with van der Waals surface area (Å²) < 4.78 is 5.43. The molecule has 150 valence electrons. The molecular weight excluding hydrogens is 354 g/mol. The Balaban J connectivity index is 1.65. The molecule has 1 heterocycles. The van der Waals surface area contributed by atoms with Gasteiger partial charge in [0.15, 0.2) is 5.78 Å². The number of carbonyl (C=O) groups is 3. The number of esters is 1. The van der Waals surface area contributed by atoms with Crippen LogP contribution >= 0.6 is 0 Å². The van der Waals surface area contributed by atoms with Gasteiger partial charge in [-0.15, -0.1) is 0 Å². The van der Waals surface area contributed by atoms with Crippen LogP contribution in [-0.2, 0) is 27.2 Å². The summed E-state index contributed by atoms with van der Waals surface area (Å²) in [4.78, 5) is 38.9. The smallest absolute Gasteiger partial charge is 0.329 e. The van der Waals surface area contributed by atoms with E-state index in [4.69, 9.17) is 4.74 Å². The molecule has 1 atom stereocenters. The quantitative estimate of drug-likeness (QED) is 0.452. The second kappa shape index (κ2) is 8.29. The van der Waals surface area contributed by atoms with Gasteiger partial charge in [-0.05, 0) is 82.6 Å². The first kappa shape index (κ1) is 20.3. The molecule has 1 saturated heterocycles. The van der Waals surface area contributed by atoms with E-state index in [-0.39, 0.29) is 17.7 Å². The number of benzene rings is 1. The molecule has 1 fully saturated rings. The number of amides is 1. The van der Waals surface area contributed by atoms with Crippen molar-refractivity contribution in [3.05, 3.63) is 47.0 Å². The molecule has 0 bridgehead atoms. The average Bonchev–Trinajstić information content (AvgIpc) is 3.14. The number of nitrogens with zero attached hydrogens (tertiary/aromatic N) is 1. The molecule has 1 aliphatic carbocycles. The van der Waals surface area contributed by atoms with Gasteiger partial charge in [-0.2, -0.15) is 0 Å². The average molecular weight is 383 g/mol. The summed E-state index contributed by atoms with van der Waals surface area (Å²) in [5, 5.41) is 0. The van der Waals surface area contributed by atoms with Crippen LogP contribution in [-0.4, -0.2) is 40.7 Å². The van der Waals surface area contributed by atoms with E-state index in [1.54, 1.807) is 0 Å². The minimum absolute atomic E-state index is 0.185. The molecule has 28 heavy (non-hydrogen) atoms. The van der Waals surface area contributed by atoms with Crippen LogP contribution in [0.5, 0.6) is 0 Å². The van der Waals surface area contributed by atoms with Crippen LogP contribution in [0, 0.1) is 0 Å². The number of ether oxygens (including phenoxy) is 1. The standard InChI is InChI=1S/C23H29NO4/c1-23(2,3)28-22(27)19-9-6-14-24(19)21(26)13-12-20(25)18-11-10-16-7-4-5-8-17(16)15-18/h10-13,15,19H,4-9,14H2,1-3H3/b13-12+/t19-/m0/s1. The highest BCUT2D eigenvalue weighted by molar-refractivity contribution is 6.08. The lowest BCUT2D eigenvalue weighted by Gasteiger charge is -2.26. The van der Waals surface area contributed by atoms with Gasteiger partial charge in [0.1, 0.15) is 11.6 Å². The predicted octanol–water partition coefficient (Wildman–Crippen LogP) is 3.64. The fourth-order valence-corrected chi connectivity index (χ4v) is 3.87. The molecular formula is C23H29NO4. The maximum atomic E-state index is 12.6. The highest BCUT2D eigenvalue weighted by Crippen LogP contribution is 2.23. The zero-order valence-corrected chi connectivity index (χ0v) is 17.0. The van der Waals surface area contributed by atoms with Gasteiger partial charge in [0.05, 0.1) is 0 Å². The summed E-state index contributed by atoms with van der Waals surface area (Å²) in [6.07, 6.45) is 8.37. The van der Waals surface area contributed by atoms with Crippen LogP contribution in [0.2, 0.25) is 0 Å². The molecule has 0 unspecified atom stereocenters. The van der Waals surface area contributed by atoms with E-state index >= 15 is 0 Å². The number of aryl methyl sites for hydroxylation is 2. The van der Waals surface area contributed by atoms with Gasteiger partial charge in [0.2, 0.25) is 5.91 Å². The predicted molar refractivity (Wildman–Crippen MR) is 107 cm³/mol. The molecule has 0 aromatic heterocycles. The van der Waals surface area contributed by atoms with E-state index in [0.29, 0.717) is 18.5 Å². The van der Waals surface area contributed by atoms with Gasteiger partial charge in [0, 0.05) is 18.2 Å². The van der Waals surface area contributed by atoms with Crippen molar-refractivity contribution in [1.82, 2.24) is 4.90 Å². The zero-order chi connectivity index (χ0) is 20.3. The number of hydrogen-bond acceptors (Lipinski definition) is 4. The van der Waals surface area contributed by atoms with Crippen molar-refractivity contribution in [3.8, 4) is 0 Å². The van der Waals surface area contributed by atoms with Crippen molar-refractivity contribution in [3.63, 3.8) is 0 Å². The molecule has 0 radical (unpaired) electrons. The largest absolute Gasteiger partial charge is 0.458 e. The molecule has 1 aromatic rings. The Morgan fingerprint density at radius 3 is 2.46 bits per heavy atom. The van der Waals surface area contributed by atoms with Crippen molar-refractivity contribution >= 4 is 17.7 Å². The second-order valence-electron chi connectivity index (χ2n) is 8.61. The van der Waals surface area contributed by atoms with E-state index < -0.39 is 11.6 Å². The summed E-state index contributed by atoms with van der Waals surface area (Å²) >= 11 is 0. The monoisotopic (exact) mass is 383 g/mol. The molecule has 1 aliphatic heterocycles. The highest BCUT2D eigenvalue weighted by Gasteiger charge is 2.36. The molecule has 1 amide bonds. The number of rotatable bonds is 4. The molecule has 0 saturated carbocycles. The lowest BCUT2D eigenvalue weighted by Crippen LogP contribution is -2.43. The zero-order valence-electron chi connectivity index (χ0n) is 17.0. The van der Waals surface area contributed by atoms with E-state index in [9.17, 15) is 14.4 Å². The minimum Gasteiger partial charge on any atom is -0.458 e. The van der Waals surface area contributed by atoms with Gasteiger partial charge in [-0.3, -0.25) is 9.59 Å². The molecule has 0 N–H and O–H groups in total. The minimum atomic E-state index is -0.591.